The lowest BCUT2D eigenvalue weighted by atomic mass is 10.2. The molecule has 2 N–H and O–H groups in total. The summed E-state index contributed by atoms with van der Waals surface area (Å²) in [4.78, 5) is 16.8. The quantitative estimate of drug-likeness (QED) is 0.397. The van der Waals surface area contributed by atoms with Crippen molar-refractivity contribution in [3.8, 4) is 16.3 Å². The molecule has 0 saturated carbocycles. The number of carbonyl (C=O) groups excluding carboxylic acids is 1. The summed E-state index contributed by atoms with van der Waals surface area (Å²) in [5.41, 5.74) is 5.02. The fourth-order valence-corrected chi connectivity index (χ4v) is 4.34. The molecule has 0 fully saturated rings. The number of anilines is 1. The average molecular weight is 448 g/mol. The molecule has 0 atom stereocenters. The van der Waals surface area contributed by atoms with Crippen molar-refractivity contribution in [2.75, 3.05) is 11.9 Å². The number of aryl methyl sites for hydroxylation is 2. The summed E-state index contributed by atoms with van der Waals surface area (Å²) >= 11 is 6.91. The molecule has 0 aliphatic rings. The highest BCUT2D eigenvalue weighted by Crippen LogP contribution is 2.31. The van der Waals surface area contributed by atoms with Gasteiger partial charge in [0.05, 0.1) is 10.2 Å². The van der Waals surface area contributed by atoms with Crippen LogP contribution in [0.25, 0.3) is 20.8 Å². The number of fused-ring (bicyclic) bond motifs is 1. The summed E-state index contributed by atoms with van der Waals surface area (Å²) in [6.45, 7) is 3.90. The van der Waals surface area contributed by atoms with E-state index in [2.05, 4.69) is 29.7 Å². The van der Waals surface area contributed by atoms with Crippen LogP contribution in [0, 0.1) is 13.8 Å². The molecular weight excluding hydrogens is 426 g/mol. The number of rotatable bonds is 5. The van der Waals surface area contributed by atoms with Crippen molar-refractivity contribution in [1.29, 1.82) is 0 Å². The number of thiocarbonyl (C=S) groups is 1. The molecule has 1 heterocycles. The maximum absolute atomic E-state index is 12.1. The van der Waals surface area contributed by atoms with E-state index < -0.39 is 0 Å². The van der Waals surface area contributed by atoms with Gasteiger partial charge in [0.15, 0.2) is 11.7 Å². The van der Waals surface area contributed by atoms with E-state index in [4.69, 9.17) is 21.9 Å². The van der Waals surface area contributed by atoms with Crippen LogP contribution in [0.2, 0.25) is 0 Å². The number of aromatic nitrogens is 1. The zero-order valence-corrected chi connectivity index (χ0v) is 18.8. The fourth-order valence-electron chi connectivity index (χ4n) is 3.04. The zero-order valence-electron chi connectivity index (χ0n) is 17.1. The summed E-state index contributed by atoms with van der Waals surface area (Å²) in [6, 6.07) is 21.6. The largest absolute Gasteiger partial charge is 0.483 e. The smallest absolute Gasteiger partial charge is 0.264 e. The molecule has 1 aromatic heterocycles. The third-order valence-corrected chi connectivity index (χ3v) is 5.91. The second-order valence-corrected chi connectivity index (χ2v) is 8.56. The summed E-state index contributed by atoms with van der Waals surface area (Å²) in [6.07, 6.45) is 0. The molecule has 0 radical (unpaired) electrons. The van der Waals surface area contributed by atoms with E-state index in [1.165, 1.54) is 10.3 Å². The van der Waals surface area contributed by atoms with Gasteiger partial charge >= 0.3 is 0 Å². The first-order valence-corrected chi connectivity index (χ1v) is 11.0. The third-order valence-electron chi connectivity index (χ3n) is 4.64. The van der Waals surface area contributed by atoms with Gasteiger partial charge in [0.2, 0.25) is 0 Å². The Labute approximate surface area is 190 Å². The zero-order chi connectivity index (χ0) is 21.8. The minimum absolute atomic E-state index is 0.108. The van der Waals surface area contributed by atoms with Crippen LogP contribution < -0.4 is 15.4 Å². The maximum atomic E-state index is 12.1. The summed E-state index contributed by atoms with van der Waals surface area (Å²) in [5, 5.41) is 6.85. The highest BCUT2D eigenvalue weighted by atomic mass is 32.1. The van der Waals surface area contributed by atoms with Crippen molar-refractivity contribution in [1.82, 2.24) is 10.3 Å². The molecule has 1 amide bonds. The van der Waals surface area contributed by atoms with Crippen molar-refractivity contribution in [2.45, 2.75) is 13.8 Å². The van der Waals surface area contributed by atoms with E-state index in [0.29, 0.717) is 5.75 Å². The fraction of sp³-hybridized carbons (Fsp3) is 0.125. The van der Waals surface area contributed by atoms with Gasteiger partial charge in [-0.05, 0) is 79.7 Å². The number of amides is 1. The van der Waals surface area contributed by atoms with Crippen LogP contribution in [0.15, 0.2) is 66.7 Å². The topological polar surface area (TPSA) is 63.2 Å². The van der Waals surface area contributed by atoms with Gasteiger partial charge in [-0.25, -0.2) is 4.98 Å². The first kappa shape index (κ1) is 21.0. The average Bonchev–Trinajstić information content (AvgIpc) is 3.17. The highest BCUT2D eigenvalue weighted by molar-refractivity contribution is 7.80. The Bertz CT molecular complexity index is 1250. The lowest BCUT2D eigenvalue weighted by molar-refractivity contribution is -0.121. The molecule has 0 unspecified atom stereocenters. The van der Waals surface area contributed by atoms with E-state index >= 15 is 0 Å². The molecule has 7 heteroatoms. The summed E-state index contributed by atoms with van der Waals surface area (Å²) in [5.74, 6) is 0.360. The lowest BCUT2D eigenvalue weighted by Crippen LogP contribution is -2.37. The monoisotopic (exact) mass is 447 g/mol. The Morgan fingerprint density at radius 3 is 2.61 bits per heavy atom. The van der Waals surface area contributed by atoms with E-state index in [1.54, 1.807) is 11.3 Å². The van der Waals surface area contributed by atoms with Gasteiger partial charge in [-0.1, -0.05) is 24.3 Å². The normalized spacial score (nSPS) is 10.6. The van der Waals surface area contributed by atoms with Crippen LogP contribution in [0.1, 0.15) is 11.1 Å². The Hall–Kier alpha value is -3.29. The predicted octanol–water partition coefficient (Wildman–Crippen LogP) is 5.47. The number of nitrogens with one attached hydrogen (secondary N) is 2. The van der Waals surface area contributed by atoms with Gasteiger partial charge in [0.1, 0.15) is 10.8 Å². The molecule has 4 rings (SSSR count). The molecule has 0 bridgehead atoms. The number of para-hydroxylation sites is 1. The number of carbonyl (C=O) groups is 1. The second kappa shape index (κ2) is 9.24. The third kappa shape index (κ3) is 5.25. The van der Waals surface area contributed by atoms with E-state index in [1.807, 2.05) is 61.5 Å². The number of benzene rings is 3. The first-order valence-electron chi connectivity index (χ1n) is 9.75. The molecule has 0 aliphatic carbocycles. The van der Waals surface area contributed by atoms with Gasteiger partial charge < -0.3 is 10.1 Å². The van der Waals surface area contributed by atoms with Crippen LogP contribution in [-0.2, 0) is 4.79 Å². The predicted molar refractivity (Wildman–Crippen MR) is 131 cm³/mol. The molecule has 0 spiro atoms. The number of thiazole rings is 1. The highest BCUT2D eigenvalue weighted by Gasteiger charge is 2.09. The van der Waals surface area contributed by atoms with E-state index in [9.17, 15) is 4.79 Å². The van der Waals surface area contributed by atoms with Crippen LogP contribution in [0.3, 0.4) is 0 Å². The minimum atomic E-state index is -0.317. The van der Waals surface area contributed by atoms with Crippen molar-refractivity contribution in [3.05, 3.63) is 77.9 Å². The number of hydrogen-bond donors (Lipinski definition) is 2. The SMILES string of the molecule is Cc1ccc2nc(-c3ccc(NC(=S)NC(=O)COc4ccccc4C)cc3)sc2c1. The van der Waals surface area contributed by atoms with Gasteiger partial charge in [-0.2, -0.15) is 0 Å². The lowest BCUT2D eigenvalue weighted by Gasteiger charge is -2.11. The number of nitrogens with zero attached hydrogens (tertiary/aromatic N) is 1. The molecule has 4 aromatic rings. The minimum Gasteiger partial charge on any atom is -0.483 e. The Balaban J connectivity index is 1.33. The van der Waals surface area contributed by atoms with Crippen molar-refractivity contribution in [3.63, 3.8) is 0 Å². The van der Waals surface area contributed by atoms with E-state index in [0.717, 1.165) is 27.3 Å². The van der Waals surface area contributed by atoms with Crippen LogP contribution >= 0.6 is 23.6 Å². The maximum Gasteiger partial charge on any atom is 0.264 e. The van der Waals surface area contributed by atoms with Crippen LogP contribution in [-0.4, -0.2) is 22.6 Å². The molecule has 0 saturated heterocycles. The molecule has 31 heavy (non-hydrogen) atoms. The molecule has 3 aromatic carbocycles. The Morgan fingerprint density at radius 1 is 1.06 bits per heavy atom. The molecule has 156 valence electrons. The van der Waals surface area contributed by atoms with Crippen molar-refractivity contribution < 1.29 is 9.53 Å². The second-order valence-electron chi connectivity index (χ2n) is 7.12. The summed E-state index contributed by atoms with van der Waals surface area (Å²) in [7, 11) is 0. The van der Waals surface area contributed by atoms with Crippen LogP contribution in [0.4, 0.5) is 5.69 Å². The van der Waals surface area contributed by atoms with Gasteiger partial charge in [-0.3, -0.25) is 10.1 Å². The van der Waals surface area contributed by atoms with Crippen molar-refractivity contribution in [2.24, 2.45) is 0 Å². The first-order chi connectivity index (χ1) is 15.0. The van der Waals surface area contributed by atoms with Crippen LogP contribution in [0.5, 0.6) is 5.75 Å². The molecule has 0 aliphatic heterocycles. The summed E-state index contributed by atoms with van der Waals surface area (Å²) < 4.78 is 6.72. The number of hydrogen-bond acceptors (Lipinski definition) is 5. The van der Waals surface area contributed by atoms with Gasteiger partial charge in [0, 0.05) is 11.3 Å². The standard InChI is InChI=1S/C24H21N3O2S2/c1-15-7-12-19-21(13-15)31-23(26-19)17-8-10-18(11-9-17)25-24(30)27-22(28)14-29-20-6-4-3-5-16(20)2/h3-13H,14H2,1-2H3,(H2,25,27,28,30). The molecular formula is C24H21N3O2S2. The Morgan fingerprint density at radius 2 is 1.84 bits per heavy atom. The van der Waals surface area contributed by atoms with Crippen molar-refractivity contribution >= 4 is 50.5 Å². The molecule has 5 nitrogen and oxygen atoms in total. The Kier molecular flexibility index (Phi) is 6.25. The van der Waals surface area contributed by atoms with Gasteiger partial charge in [-0.15, -0.1) is 11.3 Å². The van der Waals surface area contributed by atoms with E-state index in [-0.39, 0.29) is 17.6 Å². The number of ether oxygens (including phenoxy) is 1. The van der Waals surface area contributed by atoms with Gasteiger partial charge in [0.25, 0.3) is 5.91 Å².